The van der Waals surface area contributed by atoms with Crippen LogP contribution in [0.3, 0.4) is 0 Å². The Morgan fingerprint density at radius 3 is 2.89 bits per heavy atom. The molecule has 1 aromatic heterocycles. The smallest absolute Gasteiger partial charge is 0.0959 e. The van der Waals surface area contributed by atoms with Crippen molar-refractivity contribution in [2.45, 2.75) is 50.6 Å². The molecule has 1 aliphatic heterocycles. The molecule has 0 aromatic carbocycles. The van der Waals surface area contributed by atoms with E-state index in [1.165, 1.54) is 44.3 Å². The maximum Gasteiger partial charge on any atom is 0.0959 e. The third-order valence-electron chi connectivity index (χ3n) is 3.56. The molecule has 1 fully saturated rings. The third kappa shape index (κ3) is 3.48. The second kappa shape index (κ2) is 7.15. The fourth-order valence-electron chi connectivity index (χ4n) is 2.75. The lowest BCUT2D eigenvalue weighted by Crippen LogP contribution is -2.34. The van der Waals surface area contributed by atoms with Gasteiger partial charge in [0, 0.05) is 12.2 Å². The fraction of sp³-hybridized carbons (Fsp3) is 0.667. The first kappa shape index (κ1) is 13.9. The van der Waals surface area contributed by atoms with E-state index in [0.29, 0.717) is 6.04 Å². The first-order chi connectivity index (χ1) is 8.85. The molecular weight excluding hydrogens is 240 g/mol. The molecule has 1 aliphatic rings. The van der Waals surface area contributed by atoms with Gasteiger partial charge >= 0.3 is 0 Å². The van der Waals surface area contributed by atoms with Crippen LogP contribution in [0.4, 0.5) is 0 Å². The summed E-state index contributed by atoms with van der Waals surface area (Å²) in [7, 11) is 0. The van der Waals surface area contributed by atoms with Crippen LogP contribution in [0.2, 0.25) is 0 Å². The summed E-state index contributed by atoms with van der Waals surface area (Å²) in [6.45, 7) is 6.91. The largest absolute Gasteiger partial charge is 0.296 e. The van der Waals surface area contributed by atoms with Crippen molar-refractivity contribution in [3.63, 3.8) is 0 Å². The Balaban J connectivity index is 2.07. The molecule has 0 saturated carbocycles. The quantitative estimate of drug-likeness (QED) is 0.744. The normalized spacial score (nSPS) is 21.1. The molecule has 18 heavy (non-hydrogen) atoms. The van der Waals surface area contributed by atoms with Crippen LogP contribution in [0, 0.1) is 0 Å². The Bertz CT molecular complexity index is 348. The van der Waals surface area contributed by atoms with Crippen LogP contribution < -0.4 is 0 Å². The molecule has 100 valence electrons. The maximum atomic E-state index is 4.57. The van der Waals surface area contributed by atoms with Gasteiger partial charge in [-0.1, -0.05) is 26.3 Å². The van der Waals surface area contributed by atoms with Crippen molar-refractivity contribution in [1.29, 1.82) is 0 Å². The van der Waals surface area contributed by atoms with E-state index in [0.717, 1.165) is 10.8 Å². The van der Waals surface area contributed by atoms with E-state index in [4.69, 9.17) is 0 Å². The number of hydrogen-bond acceptors (Lipinski definition) is 3. The molecule has 1 aromatic rings. The number of pyridine rings is 1. The van der Waals surface area contributed by atoms with Crippen LogP contribution in [0.25, 0.3) is 0 Å². The molecule has 1 atom stereocenters. The van der Waals surface area contributed by atoms with Crippen molar-refractivity contribution < 1.29 is 0 Å². The second-order valence-corrected chi connectivity index (χ2v) is 6.19. The molecule has 2 nitrogen and oxygen atoms in total. The van der Waals surface area contributed by atoms with E-state index in [2.05, 4.69) is 42.1 Å². The SMILES string of the molecule is CCCN1CCCC[C@@H]1c1ccc(SCC)nc1. The zero-order chi connectivity index (χ0) is 12.8. The number of hydrogen-bond donors (Lipinski definition) is 0. The van der Waals surface area contributed by atoms with Gasteiger partial charge in [0.1, 0.15) is 0 Å². The van der Waals surface area contributed by atoms with Gasteiger partial charge in [-0.25, -0.2) is 4.98 Å². The fourth-order valence-corrected chi connectivity index (χ4v) is 3.33. The van der Waals surface area contributed by atoms with E-state index < -0.39 is 0 Å². The van der Waals surface area contributed by atoms with Gasteiger partial charge in [-0.05, 0) is 49.7 Å². The molecular formula is C15H24N2S. The maximum absolute atomic E-state index is 4.57. The summed E-state index contributed by atoms with van der Waals surface area (Å²) in [6, 6.07) is 5.07. The van der Waals surface area contributed by atoms with E-state index in [-0.39, 0.29) is 0 Å². The predicted molar refractivity (Wildman–Crippen MR) is 79.1 cm³/mol. The van der Waals surface area contributed by atoms with E-state index >= 15 is 0 Å². The second-order valence-electron chi connectivity index (χ2n) is 4.91. The molecule has 0 radical (unpaired) electrons. The van der Waals surface area contributed by atoms with Gasteiger partial charge in [-0.2, -0.15) is 0 Å². The molecule has 3 heteroatoms. The number of likely N-dealkylation sites (tertiary alicyclic amines) is 1. The standard InChI is InChI=1S/C15H24N2S/c1-3-10-17-11-6-5-7-14(17)13-8-9-15(16-12-13)18-4-2/h8-9,12,14H,3-7,10-11H2,1-2H3/t14-/m1/s1. The van der Waals surface area contributed by atoms with Crippen LogP contribution in [-0.2, 0) is 0 Å². The lowest BCUT2D eigenvalue weighted by molar-refractivity contribution is 0.148. The monoisotopic (exact) mass is 264 g/mol. The summed E-state index contributed by atoms with van der Waals surface area (Å²) >= 11 is 1.82. The minimum Gasteiger partial charge on any atom is -0.296 e. The lowest BCUT2D eigenvalue weighted by atomic mass is 9.96. The van der Waals surface area contributed by atoms with Crippen LogP contribution in [0.5, 0.6) is 0 Å². The molecule has 1 saturated heterocycles. The zero-order valence-electron chi connectivity index (χ0n) is 11.6. The minimum atomic E-state index is 0.604. The zero-order valence-corrected chi connectivity index (χ0v) is 12.4. The summed E-state index contributed by atoms with van der Waals surface area (Å²) in [6.07, 6.45) is 7.34. The first-order valence-corrected chi connectivity index (χ1v) is 8.16. The number of rotatable bonds is 5. The summed E-state index contributed by atoms with van der Waals surface area (Å²) < 4.78 is 0. The number of piperidine rings is 1. The highest BCUT2D eigenvalue weighted by Crippen LogP contribution is 2.31. The van der Waals surface area contributed by atoms with Crippen LogP contribution in [0.1, 0.15) is 51.1 Å². The van der Waals surface area contributed by atoms with Gasteiger partial charge in [0.15, 0.2) is 0 Å². The highest BCUT2D eigenvalue weighted by Gasteiger charge is 2.23. The van der Waals surface area contributed by atoms with Gasteiger partial charge in [0.05, 0.1) is 5.03 Å². The molecule has 0 unspecified atom stereocenters. The van der Waals surface area contributed by atoms with Crippen LogP contribution >= 0.6 is 11.8 Å². The molecule has 0 spiro atoms. The predicted octanol–water partition coefficient (Wildman–Crippen LogP) is 4.13. The minimum absolute atomic E-state index is 0.604. The summed E-state index contributed by atoms with van der Waals surface area (Å²) in [5, 5.41) is 1.15. The van der Waals surface area contributed by atoms with Crippen molar-refractivity contribution in [2.24, 2.45) is 0 Å². The highest BCUT2D eigenvalue weighted by molar-refractivity contribution is 7.99. The number of nitrogens with zero attached hydrogens (tertiary/aromatic N) is 2. The van der Waals surface area contributed by atoms with Crippen molar-refractivity contribution in [1.82, 2.24) is 9.88 Å². The summed E-state index contributed by atoms with van der Waals surface area (Å²) in [5.74, 6) is 1.09. The molecule has 0 bridgehead atoms. The molecule has 0 N–H and O–H groups in total. The van der Waals surface area contributed by atoms with Gasteiger partial charge < -0.3 is 0 Å². The Hall–Kier alpha value is -0.540. The van der Waals surface area contributed by atoms with Gasteiger partial charge in [-0.3, -0.25) is 4.90 Å². The third-order valence-corrected chi connectivity index (χ3v) is 4.39. The van der Waals surface area contributed by atoms with Crippen molar-refractivity contribution in [3.05, 3.63) is 23.9 Å². The first-order valence-electron chi connectivity index (χ1n) is 7.18. The van der Waals surface area contributed by atoms with Crippen LogP contribution in [-0.4, -0.2) is 28.7 Å². The molecule has 2 rings (SSSR count). The van der Waals surface area contributed by atoms with Gasteiger partial charge in [-0.15, -0.1) is 11.8 Å². The van der Waals surface area contributed by atoms with Gasteiger partial charge in [0.2, 0.25) is 0 Å². The molecule has 2 heterocycles. The van der Waals surface area contributed by atoms with E-state index in [9.17, 15) is 0 Å². The summed E-state index contributed by atoms with van der Waals surface area (Å²) in [5.41, 5.74) is 1.41. The van der Waals surface area contributed by atoms with Gasteiger partial charge in [0.25, 0.3) is 0 Å². The van der Waals surface area contributed by atoms with Crippen molar-refractivity contribution in [2.75, 3.05) is 18.8 Å². The summed E-state index contributed by atoms with van der Waals surface area (Å²) in [4.78, 5) is 7.21. The van der Waals surface area contributed by atoms with Crippen molar-refractivity contribution >= 4 is 11.8 Å². The average molecular weight is 264 g/mol. The van der Waals surface area contributed by atoms with Crippen LogP contribution in [0.15, 0.2) is 23.4 Å². The molecule has 0 aliphatic carbocycles. The van der Waals surface area contributed by atoms with E-state index in [1.807, 2.05) is 11.8 Å². The number of thioether (sulfide) groups is 1. The Kier molecular flexibility index (Phi) is 5.51. The number of aromatic nitrogens is 1. The lowest BCUT2D eigenvalue weighted by Gasteiger charge is -2.35. The Labute approximate surface area is 115 Å². The highest BCUT2D eigenvalue weighted by atomic mass is 32.2. The van der Waals surface area contributed by atoms with Crippen molar-refractivity contribution in [3.8, 4) is 0 Å². The Morgan fingerprint density at radius 2 is 2.22 bits per heavy atom. The van der Waals surface area contributed by atoms with E-state index in [1.54, 1.807) is 0 Å². The Morgan fingerprint density at radius 1 is 1.33 bits per heavy atom. The topological polar surface area (TPSA) is 16.1 Å². The molecule has 0 amide bonds. The average Bonchev–Trinajstić information content (AvgIpc) is 2.41.